The molecule has 0 aliphatic rings. The Morgan fingerprint density at radius 1 is 1.55 bits per heavy atom. The summed E-state index contributed by atoms with van der Waals surface area (Å²) >= 11 is 4.27. The van der Waals surface area contributed by atoms with Crippen molar-refractivity contribution in [1.82, 2.24) is 15.2 Å². The SMILES string of the molecule is COC(C)c1nnc(NC(=O)CSc2nc(C)cs2)s1. The molecule has 0 saturated carbocycles. The summed E-state index contributed by atoms with van der Waals surface area (Å²) in [4.78, 5) is 16.1. The second-order valence-corrected chi connectivity index (χ2v) is 7.00. The van der Waals surface area contributed by atoms with Crippen LogP contribution in [0.4, 0.5) is 5.13 Å². The number of rotatable bonds is 6. The van der Waals surface area contributed by atoms with Crippen LogP contribution in [-0.2, 0) is 9.53 Å². The number of carbonyl (C=O) groups is 1. The first-order chi connectivity index (χ1) is 9.58. The van der Waals surface area contributed by atoms with Gasteiger partial charge in [0.15, 0.2) is 4.34 Å². The van der Waals surface area contributed by atoms with E-state index < -0.39 is 0 Å². The van der Waals surface area contributed by atoms with Crippen LogP contribution in [0.15, 0.2) is 9.72 Å². The molecule has 6 nitrogen and oxygen atoms in total. The minimum absolute atomic E-state index is 0.115. The normalized spacial score (nSPS) is 12.3. The number of aromatic nitrogens is 3. The number of nitrogens with one attached hydrogen (secondary N) is 1. The van der Waals surface area contributed by atoms with Gasteiger partial charge in [0.25, 0.3) is 0 Å². The molecule has 0 radical (unpaired) electrons. The number of methoxy groups -OCH3 is 1. The maximum atomic E-state index is 11.8. The molecular weight excluding hydrogens is 316 g/mol. The number of anilines is 1. The number of aryl methyl sites for hydroxylation is 1. The molecule has 1 atom stereocenters. The van der Waals surface area contributed by atoms with Crippen LogP contribution in [-0.4, -0.2) is 34.0 Å². The molecule has 0 aliphatic heterocycles. The van der Waals surface area contributed by atoms with Crippen molar-refractivity contribution >= 4 is 45.5 Å². The summed E-state index contributed by atoms with van der Waals surface area (Å²) in [7, 11) is 1.61. The highest BCUT2D eigenvalue weighted by atomic mass is 32.2. The Bertz CT molecular complexity index is 584. The third-order valence-corrected chi connectivity index (χ3v) is 5.45. The number of carbonyl (C=O) groups excluding carboxylic acids is 1. The van der Waals surface area contributed by atoms with E-state index in [0.29, 0.717) is 10.9 Å². The average Bonchev–Trinajstić information content (AvgIpc) is 3.05. The minimum atomic E-state index is -0.120. The maximum absolute atomic E-state index is 11.8. The Labute approximate surface area is 129 Å². The van der Waals surface area contributed by atoms with Crippen LogP contribution in [0, 0.1) is 6.92 Å². The van der Waals surface area contributed by atoms with Crippen molar-refractivity contribution in [3.05, 3.63) is 16.1 Å². The lowest BCUT2D eigenvalue weighted by Crippen LogP contribution is -2.13. The van der Waals surface area contributed by atoms with Crippen molar-refractivity contribution in [2.45, 2.75) is 24.3 Å². The van der Waals surface area contributed by atoms with Crippen LogP contribution < -0.4 is 5.32 Å². The molecule has 2 aromatic rings. The van der Waals surface area contributed by atoms with E-state index >= 15 is 0 Å². The quantitative estimate of drug-likeness (QED) is 0.821. The van der Waals surface area contributed by atoms with E-state index in [0.717, 1.165) is 15.0 Å². The summed E-state index contributed by atoms with van der Waals surface area (Å²) in [6, 6.07) is 0. The fraction of sp³-hybridized carbons (Fsp3) is 0.455. The molecule has 0 spiro atoms. The van der Waals surface area contributed by atoms with Gasteiger partial charge in [-0.05, 0) is 13.8 Å². The van der Waals surface area contributed by atoms with Crippen LogP contribution in [0.3, 0.4) is 0 Å². The Balaban J connectivity index is 1.83. The topological polar surface area (TPSA) is 77.0 Å². The zero-order valence-corrected chi connectivity index (χ0v) is 13.7. The standard InChI is InChI=1S/C11H14N4O2S3/c1-6-4-18-11(12-6)19-5-8(16)13-10-15-14-9(20-10)7(2)17-3/h4,7H,5H2,1-3H3,(H,13,15,16). The molecule has 20 heavy (non-hydrogen) atoms. The Hall–Kier alpha value is -1.03. The van der Waals surface area contributed by atoms with Crippen LogP contribution in [0.2, 0.25) is 0 Å². The van der Waals surface area contributed by atoms with Crippen molar-refractivity contribution in [2.24, 2.45) is 0 Å². The van der Waals surface area contributed by atoms with Gasteiger partial charge in [-0.25, -0.2) is 4.98 Å². The number of thiazole rings is 1. The fourth-order valence-corrected chi connectivity index (χ4v) is 3.67. The molecule has 2 rings (SSSR count). The Kier molecular flexibility index (Phi) is 5.46. The van der Waals surface area contributed by atoms with Crippen LogP contribution >= 0.6 is 34.4 Å². The highest BCUT2D eigenvalue weighted by Gasteiger charge is 2.13. The summed E-state index contributed by atoms with van der Waals surface area (Å²) in [5.74, 6) is 0.192. The molecule has 0 aromatic carbocycles. The van der Waals surface area contributed by atoms with Gasteiger partial charge in [-0.3, -0.25) is 10.1 Å². The third-order valence-electron chi connectivity index (χ3n) is 2.31. The lowest BCUT2D eigenvalue weighted by atomic mass is 10.4. The predicted molar refractivity (Wildman–Crippen MR) is 81.5 cm³/mol. The first-order valence-electron chi connectivity index (χ1n) is 5.79. The maximum Gasteiger partial charge on any atom is 0.236 e. The first kappa shape index (κ1) is 15.4. The Morgan fingerprint density at radius 3 is 3.00 bits per heavy atom. The largest absolute Gasteiger partial charge is 0.374 e. The van der Waals surface area contributed by atoms with Crippen molar-refractivity contribution in [3.63, 3.8) is 0 Å². The number of ether oxygens (including phenoxy) is 1. The second kappa shape index (κ2) is 7.11. The van der Waals surface area contributed by atoms with Crippen LogP contribution in [0.1, 0.15) is 23.7 Å². The number of amides is 1. The summed E-state index contributed by atoms with van der Waals surface area (Å²) in [6.07, 6.45) is -0.120. The van der Waals surface area contributed by atoms with Crippen molar-refractivity contribution in [3.8, 4) is 0 Å². The zero-order valence-electron chi connectivity index (χ0n) is 11.2. The van der Waals surface area contributed by atoms with Crippen molar-refractivity contribution in [2.75, 3.05) is 18.2 Å². The van der Waals surface area contributed by atoms with Crippen molar-refractivity contribution in [1.29, 1.82) is 0 Å². The molecule has 1 N–H and O–H groups in total. The van der Waals surface area contributed by atoms with E-state index in [9.17, 15) is 4.79 Å². The molecule has 0 saturated heterocycles. The van der Waals surface area contributed by atoms with Gasteiger partial charge in [-0.2, -0.15) is 0 Å². The fourth-order valence-electron chi connectivity index (χ4n) is 1.23. The van der Waals surface area contributed by atoms with Crippen LogP contribution in [0.25, 0.3) is 0 Å². The van der Waals surface area contributed by atoms with Gasteiger partial charge >= 0.3 is 0 Å². The molecule has 0 bridgehead atoms. The highest BCUT2D eigenvalue weighted by Crippen LogP contribution is 2.25. The van der Waals surface area contributed by atoms with Gasteiger partial charge in [0.05, 0.1) is 5.75 Å². The molecule has 108 valence electrons. The summed E-state index contributed by atoms with van der Waals surface area (Å²) in [5.41, 5.74) is 0.972. The highest BCUT2D eigenvalue weighted by molar-refractivity contribution is 8.01. The van der Waals surface area contributed by atoms with E-state index in [4.69, 9.17) is 4.74 Å². The van der Waals surface area contributed by atoms with Crippen molar-refractivity contribution < 1.29 is 9.53 Å². The zero-order chi connectivity index (χ0) is 14.5. The monoisotopic (exact) mass is 330 g/mol. The Morgan fingerprint density at radius 2 is 2.35 bits per heavy atom. The molecule has 2 heterocycles. The van der Waals surface area contributed by atoms with Gasteiger partial charge in [0.2, 0.25) is 11.0 Å². The smallest absolute Gasteiger partial charge is 0.236 e. The average molecular weight is 330 g/mol. The van der Waals surface area contributed by atoms with Gasteiger partial charge in [0.1, 0.15) is 11.1 Å². The van der Waals surface area contributed by atoms with E-state index in [2.05, 4.69) is 20.5 Å². The van der Waals surface area contributed by atoms with Gasteiger partial charge in [-0.15, -0.1) is 21.5 Å². The van der Waals surface area contributed by atoms with Crippen LogP contribution in [0.5, 0.6) is 0 Å². The summed E-state index contributed by atoms with van der Waals surface area (Å²) in [5, 5.41) is 13.8. The lowest BCUT2D eigenvalue weighted by molar-refractivity contribution is -0.113. The first-order valence-corrected chi connectivity index (χ1v) is 8.47. The van der Waals surface area contributed by atoms with Gasteiger partial charge in [0, 0.05) is 18.2 Å². The van der Waals surface area contributed by atoms with E-state index in [-0.39, 0.29) is 12.0 Å². The lowest BCUT2D eigenvalue weighted by Gasteiger charge is -2.02. The van der Waals surface area contributed by atoms with Gasteiger partial charge in [-0.1, -0.05) is 23.1 Å². The van der Waals surface area contributed by atoms with E-state index in [1.54, 1.807) is 7.11 Å². The molecule has 2 aromatic heterocycles. The molecular formula is C11H14N4O2S3. The predicted octanol–water partition coefficient (Wildman–Crippen LogP) is 2.74. The molecule has 0 fully saturated rings. The molecule has 1 unspecified atom stereocenters. The van der Waals surface area contributed by atoms with E-state index in [1.165, 1.54) is 34.4 Å². The number of nitrogens with zero attached hydrogens (tertiary/aromatic N) is 3. The van der Waals surface area contributed by atoms with E-state index in [1.807, 2.05) is 19.2 Å². The molecule has 9 heteroatoms. The summed E-state index contributed by atoms with van der Waals surface area (Å²) < 4.78 is 6.04. The summed E-state index contributed by atoms with van der Waals surface area (Å²) in [6.45, 7) is 3.81. The second-order valence-electron chi connectivity index (χ2n) is 3.92. The molecule has 1 amide bonds. The number of thioether (sulfide) groups is 1. The third kappa shape index (κ3) is 4.23. The molecule has 0 aliphatic carbocycles. The minimum Gasteiger partial charge on any atom is -0.374 e. The number of hydrogen-bond acceptors (Lipinski definition) is 8. The van der Waals surface area contributed by atoms with Gasteiger partial charge < -0.3 is 4.74 Å². The number of hydrogen-bond donors (Lipinski definition) is 1.